The molecule has 0 N–H and O–H groups in total. The predicted molar refractivity (Wildman–Crippen MR) is 121 cm³/mol. The van der Waals surface area contributed by atoms with Gasteiger partial charge in [-0.3, -0.25) is 9.80 Å². The van der Waals surface area contributed by atoms with Crippen molar-refractivity contribution in [3.63, 3.8) is 0 Å². The Morgan fingerprint density at radius 1 is 0.710 bits per heavy atom. The molecule has 0 atom stereocenters. The first kappa shape index (κ1) is 21.3. The van der Waals surface area contributed by atoms with Gasteiger partial charge in [0.05, 0.1) is 7.11 Å². The molecule has 4 rings (SSSR count). The molecule has 0 spiro atoms. The lowest BCUT2D eigenvalue weighted by Gasteiger charge is -2.34. The van der Waals surface area contributed by atoms with Crippen molar-refractivity contribution < 1.29 is 13.9 Å². The second-order valence-electron chi connectivity index (χ2n) is 7.94. The maximum absolute atomic E-state index is 13.1. The molecule has 0 amide bonds. The molecule has 0 saturated carbocycles. The van der Waals surface area contributed by atoms with Crippen LogP contribution in [-0.4, -0.2) is 43.1 Å². The molecule has 3 aromatic rings. The van der Waals surface area contributed by atoms with Gasteiger partial charge in [-0.2, -0.15) is 0 Å². The smallest absolute Gasteiger partial charge is 0.161 e. The van der Waals surface area contributed by atoms with Gasteiger partial charge in [0, 0.05) is 39.3 Å². The van der Waals surface area contributed by atoms with E-state index >= 15 is 0 Å². The Hall–Kier alpha value is -2.89. The Labute approximate surface area is 183 Å². The molecule has 3 aromatic carbocycles. The predicted octanol–water partition coefficient (Wildman–Crippen LogP) is 4.73. The van der Waals surface area contributed by atoms with Crippen LogP contribution in [0, 0.1) is 5.82 Å². The molecule has 1 heterocycles. The van der Waals surface area contributed by atoms with Crippen molar-refractivity contribution in [2.24, 2.45) is 0 Å². The number of ether oxygens (including phenoxy) is 2. The molecule has 0 bridgehead atoms. The third kappa shape index (κ3) is 6.06. The zero-order chi connectivity index (χ0) is 21.5. The summed E-state index contributed by atoms with van der Waals surface area (Å²) in [4.78, 5) is 4.89. The lowest BCUT2D eigenvalue weighted by Crippen LogP contribution is -2.45. The summed E-state index contributed by atoms with van der Waals surface area (Å²) >= 11 is 0. The van der Waals surface area contributed by atoms with E-state index in [1.54, 1.807) is 7.11 Å². The lowest BCUT2D eigenvalue weighted by atomic mass is 10.1. The zero-order valence-corrected chi connectivity index (χ0v) is 18.0. The number of piperazine rings is 1. The number of benzene rings is 3. The van der Waals surface area contributed by atoms with Crippen molar-refractivity contribution in [3.8, 4) is 11.5 Å². The van der Waals surface area contributed by atoms with E-state index in [0.717, 1.165) is 61.9 Å². The van der Waals surface area contributed by atoms with Crippen LogP contribution in [0.25, 0.3) is 0 Å². The Balaban J connectivity index is 1.31. The van der Waals surface area contributed by atoms with Crippen molar-refractivity contribution in [2.75, 3.05) is 33.3 Å². The molecule has 5 heteroatoms. The molecule has 0 unspecified atom stereocenters. The summed E-state index contributed by atoms with van der Waals surface area (Å²) in [6.07, 6.45) is 0. The Morgan fingerprint density at radius 3 is 1.97 bits per heavy atom. The van der Waals surface area contributed by atoms with Crippen LogP contribution in [0.4, 0.5) is 4.39 Å². The normalized spacial score (nSPS) is 15.0. The van der Waals surface area contributed by atoms with Crippen molar-refractivity contribution in [3.05, 3.63) is 95.3 Å². The molecule has 4 nitrogen and oxygen atoms in total. The van der Waals surface area contributed by atoms with Gasteiger partial charge in [-0.15, -0.1) is 0 Å². The average Bonchev–Trinajstić information content (AvgIpc) is 2.81. The summed E-state index contributed by atoms with van der Waals surface area (Å²) in [7, 11) is 1.67. The van der Waals surface area contributed by atoms with Gasteiger partial charge in [-0.1, -0.05) is 48.5 Å². The third-order valence-electron chi connectivity index (χ3n) is 5.66. The van der Waals surface area contributed by atoms with E-state index < -0.39 is 0 Å². The molecule has 31 heavy (non-hydrogen) atoms. The standard InChI is InChI=1S/C26H29FN2O2/c1-30-25-12-9-23(17-26(25)31-20-22-5-3-2-4-6-22)19-29-15-13-28(14-16-29)18-21-7-10-24(27)11-8-21/h2-12,17H,13-16,18-20H2,1H3. The lowest BCUT2D eigenvalue weighted by molar-refractivity contribution is 0.122. The van der Waals surface area contributed by atoms with Crippen LogP contribution >= 0.6 is 0 Å². The van der Waals surface area contributed by atoms with E-state index in [2.05, 4.69) is 34.1 Å². The Morgan fingerprint density at radius 2 is 1.32 bits per heavy atom. The number of hydrogen-bond donors (Lipinski definition) is 0. The van der Waals surface area contributed by atoms with E-state index in [0.29, 0.717) is 6.61 Å². The van der Waals surface area contributed by atoms with Crippen LogP contribution in [0.2, 0.25) is 0 Å². The highest BCUT2D eigenvalue weighted by Crippen LogP contribution is 2.29. The molecule has 1 fully saturated rings. The summed E-state index contributed by atoms with van der Waals surface area (Å²) in [5.74, 6) is 1.35. The van der Waals surface area contributed by atoms with Crippen LogP contribution in [0.3, 0.4) is 0 Å². The maximum atomic E-state index is 13.1. The molecular weight excluding hydrogens is 391 g/mol. The number of nitrogens with zero attached hydrogens (tertiary/aromatic N) is 2. The highest BCUT2D eigenvalue weighted by Gasteiger charge is 2.18. The van der Waals surface area contributed by atoms with Gasteiger partial charge in [-0.05, 0) is 41.0 Å². The second kappa shape index (κ2) is 10.4. The second-order valence-corrected chi connectivity index (χ2v) is 7.94. The van der Waals surface area contributed by atoms with Crippen molar-refractivity contribution in [1.29, 1.82) is 0 Å². The third-order valence-corrected chi connectivity index (χ3v) is 5.66. The minimum absolute atomic E-state index is 0.180. The van der Waals surface area contributed by atoms with E-state index in [1.165, 1.54) is 17.7 Å². The molecule has 1 aliphatic rings. The first-order valence-electron chi connectivity index (χ1n) is 10.7. The van der Waals surface area contributed by atoms with Crippen molar-refractivity contribution >= 4 is 0 Å². The highest BCUT2D eigenvalue weighted by molar-refractivity contribution is 5.43. The highest BCUT2D eigenvalue weighted by atomic mass is 19.1. The van der Waals surface area contributed by atoms with Crippen LogP contribution < -0.4 is 9.47 Å². The summed E-state index contributed by atoms with van der Waals surface area (Å²) in [5.41, 5.74) is 3.51. The molecule has 1 aliphatic heterocycles. The summed E-state index contributed by atoms with van der Waals surface area (Å²) < 4.78 is 24.6. The van der Waals surface area contributed by atoms with Crippen molar-refractivity contribution in [2.45, 2.75) is 19.7 Å². The molecule has 0 aliphatic carbocycles. The van der Waals surface area contributed by atoms with Crippen LogP contribution in [0.5, 0.6) is 11.5 Å². The minimum Gasteiger partial charge on any atom is -0.493 e. The summed E-state index contributed by atoms with van der Waals surface area (Å²) in [6, 6.07) is 23.1. The van der Waals surface area contributed by atoms with E-state index in [9.17, 15) is 4.39 Å². The average molecular weight is 421 g/mol. The number of rotatable bonds is 8. The largest absolute Gasteiger partial charge is 0.493 e. The van der Waals surface area contributed by atoms with Gasteiger partial charge in [0.25, 0.3) is 0 Å². The molecule has 162 valence electrons. The Kier molecular flexibility index (Phi) is 7.18. The summed E-state index contributed by atoms with van der Waals surface area (Å²) in [5, 5.41) is 0. The summed E-state index contributed by atoms with van der Waals surface area (Å²) in [6.45, 7) is 6.30. The monoisotopic (exact) mass is 420 g/mol. The topological polar surface area (TPSA) is 24.9 Å². The Bertz CT molecular complexity index is 955. The fraction of sp³-hybridized carbons (Fsp3) is 0.308. The number of methoxy groups -OCH3 is 1. The van der Waals surface area contributed by atoms with E-state index in [-0.39, 0.29) is 5.82 Å². The molecular formula is C26H29FN2O2. The SMILES string of the molecule is COc1ccc(CN2CCN(Cc3ccc(F)cc3)CC2)cc1OCc1ccccc1. The first-order valence-corrected chi connectivity index (χ1v) is 10.7. The van der Waals surface area contributed by atoms with Crippen LogP contribution in [0.1, 0.15) is 16.7 Å². The fourth-order valence-corrected chi connectivity index (χ4v) is 3.88. The van der Waals surface area contributed by atoms with Gasteiger partial charge in [0.1, 0.15) is 12.4 Å². The van der Waals surface area contributed by atoms with Gasteiger partial charge >= 0.3 is 0 Å². The van der Waals surface area contributed by atoms with Gasteiger partial charge in [-0.25, -0.2) is 4.39 Å². The van der Waals surface area contributed by atoms with Crippen LogP contribution in [-0.2, 0) is 19.7 Å². The fourth-order valence-electron chi connectivity index (χ4n) is 3.88. The van der Waals surface area contributed by atoms with Crippen molar-refractivity contribution in [1.82, 2.24) is 9.80 Å². The quantitative estimate of drug-likeness (QED) is 0.526. The molecule has 1 saturated heterocycles. The number of halogens is 1. The van der Waals surface area contributed by atoms with E-state index in [4.69, 9.17) is 9.47 Å². The molecule has 0 aromatic heterocycles. The van der Waals surface area contributed by atoms with E-state index in [1.807, 2.05) is 36.4 Å². The van der Waals surface area contributed by atoms with Gasteiger partial charge in [0.2, 0.25) is 0 Å². The van der Waals surface area contributed by atoms with Crippen LogP contribution in [0.15, 0.2) is 72.8 Å². The maximum Gasteiger partial charge on any atom is 0.161 e. The molecule has 0 radical (unpaired) electrons. The van der Waals surface area contributed by atoms with Gasteiger partial charge in [0.15, 0.2) is 11.5 Å². The first-order chi connectivity index (χ1) is 15.2. The number of hydrogen-bond acceptors (Lipinski definition) is 4. The van der Waals surface area contributed by atoms with Gasteiger partial charge < -0.3 is 9.47 Å². The zero-order valence-electron chi connectivity index (χ0n) is 18.0. The minimum atomic E-state index is -0.180.